The molecule has 0 aromatic heterocycles. The fourth-order valence-corrected chi connectivity index (χ4v) is 3.07. The van der Waals surface area contributed by atoms with Gasteiger partial charge >= 0.3 is 0 Å². The van der Waals surface area contributed by atoms with Crippen molar-refractivity contribution in [2.75, 3.05) is 7.05 Å². The average Bonchev–Trinajstić information content (AvgIpc) is 2.81. The Morgan fingerprint density at radius 3 is 2.36 bits per heavy atom. The van der Waals surface area contributed by atoms with Crippen LogP contribution in [0.2, 0.25) is 0 Å². The number of rotatable bonds is 2. The number of carbonyl (C=O) groups excluding carboxylic acids is 1. The Labute approximate surface area is 85.6 Å². The zero-order chi connectivity index (χ0) is 10.5. The van der Waals surface area contributed by atoms with Crippen molar-refractivity contribution in [1.82, 2.24) is 4.90 Å². The van der Waals surface area contributed by atoms with Crippen LogP contribution in [0.5, 0.6) is 0 Å². The van der Waals surface area contributed by atoms with E-state index in [1.54, 1.807) is 0 Å². The molecule has 2 aliphatic rings. The quantitative estimate of drug-likeness (QED) is 0.715. The maximum Gasteiger partial charge on any atom is 0.224 e. The topological polar surface area (TPSA) is 46.3 Å². The van der Waals surface area contributed by atoms with E-state index in [0.29, 0.717) is 17.8 Å². The van der Waals surface area contributed by atoms with Crippen LogP contribution >= 0.6 is 0 Å². The van der Waals surface area contributed by atoms with Crippen LogP contribution in [0.1, 0.15) is 33.1 Å². The van der Waals surface area contributed by atoms with E-state index in [1.807, 2.05) is 11.9 Å². The van der Waals surface area contributed by atoms with Crippen molar-refractivity contribution in [2.24, 2.45) is 17.1 Å². The molecule has 3 nitrogen and oxygen atoms in total. The molecule has 0 aromatic carbocycles. The SMILES string of the molecule is CC(C)C1([C@H]2[C@H](N)CC(=O)N2C)CC1. The summed E-state index contributed by atoms with van der Waals surface area (Å²) in [6.45, 7) is 4.49. The van der Waals surface area contributed by atoms with Crippen molar-refractivity contribution >= 4 is 5.91 Å². The van der Waals surface area contributed by atoms with Gasteiger partial charge in [-0.25, -0.2) is 0 Å². The highest BCUT2D eigenvalue weighted by molar-refractivity contribution is 5.80. The van der Waals surface area contributed by atoms with Crippen molar-refractivity contribution in [3.8, 4) is 0 Å². The largest absolute Gasteiger partial charge is 0.341 e. The molecule has 80 valence electrons. The van der Waals surface area contributed by atoms with E-state index in [4.69, 9.17) is 5.73 Å². The fourth-order valence-electron chi connectivity index (χ4n) is 3.07. The molecule has 1 amide bonds. The summed E-state index contributed by atoms with van der Waals surface area (Å²) in [5.41, 5.74) is 6.39. The first-order valence-corrected chi connectivity index (χ1v) is 5.50. The van der Waals surface area contributed by atoms with Crippen molar-refractivity contribution in [2.45, 2.75) is 45.2 Å². The normalized spacial score (nSPS) is 35.5. The first kappa shape index (κ1) is 9.97. The Bertz CT molecular complexity index is 258. The van der Waals surface area contributed by atoms with E-state index in [2.05, 4.69) is 13.8 Å². The Hall–Kier alpha value is -0.570. The van der Waals surface area contributed by atoms with Crippen molar-refractivity contribution in [1.29, 1.82) is 0 Å². The zero-order valence-corrected chi connectivity index (χ0v) is 9.29. The number of carbonyl (C=O) groups is 1. The Balaban J connectivity index is 2.22. The van der Waals surface area contributed by atoms with E-state index in [0.717, 1.165) is 0 Å². The third-order valence-electron chi connectivity index (χ3n) is 4.19. The minimum absolute atomic E-state index is 0.0531. The highest BCUT2D eigenvalue weighted by Crippen LogP contribution is 2.57. The van der Waals surface area contributed by atoms with Crippen molar-refractivity contribution in [3.63, 3.8) is 0 Å². The fraction of sp³-hybridized carbons (Fsp3) is 0.909. The lowest BCUT2D eigenvalue weighted by Crippen LogP contribution is -2.47. The summed E-state index contributed by atoms with van der Waals surface area (Å²) in [4.78, 5) is 13.4. The van der Waals surface area contributed by atoms with Crippen LogP contribution in [0.4, 0.5) is 0 Å². The monoisotopic (exact) mass is 196 g/mol. The lowest BCUT2D eigenvalue weighted by Gasteiger charge is -2.34. The van der Waals surface area contributed by atoms with Crippen LogP contribution < -0.4 is 5.73 Å². The van der Waals surface area contributed by atoms with Gasteiger partial charge in [0.1, 0.15) is 0 Å². The molecular formula is C11H20N2O. The summed E-state index contributed by atoms with van der Waals surface area (Å²) < 4.78 is 0. The Morgan fingerprint density at radius 2 is 2.07 bits per heavy atom. The average molecular weight is 196 g/mol. The molecule has 1 aliphatic heterocycles. The smallest absolute Gasteiger partial charge is 0.224 e. The predicted octanol–water partition coefficient (Wildman–Crippen LogP) is 0.981. The van der Waals surface area contributed by atoms with Gasteiger partial charge in [0.25, 0.3) is 0 Å². The van der Waals surface area contributed by atoms with E-state index in [9.17, 15) is 4.79 Å². The zero-order valence-electron chi connectivity index (χ0n) is 9.29. The van der Waals surface area contributed by atoms with Crippen LogP contribution in [-0.4, -0.2) is 29.9 Å². The molecule has 0 aromatic rings. The summed E-state index contributed by atoms with van der Waals surface area (Å²) in [5.74, 6) is 0.848. The molecule has 2 N–H and O–H groups in total. The summed E-state index contributed by atoms with van der Waals surface area (Å²) >= 11 is 0. The van der Waals surface area contributed by atoms with Gasteiger partial charge < -0.3 is 10.6 Å². The highest BCUT2D eigenvalue weighted by Gasteiger charge is 2.57. The van der Waals surface area contributed by atoms with Crippen LogP contribution in [0.3, 0.4) is 0 Å². The predicted molar refractivity (Wildman–Crippen MR) is 55.7 cm³/mol. The number of likely N-dealkylation sites (tertiary alicyclic amines) is 1. The third kappa shape index (κ3) is 1.18. The van der Waals surface area contributed by atoms with Crippen molar-refractivity contribution < 1.29 is 4.79 Å². The van der Waals surface area contributed by atoms with Gasteiger partial charge in [-0.05, 0) is 24.2 Å². The molecule has 0 unspecified atom stereocenters. The van der Waals surface area contributed by atoms with Crippen LogP contribution in [0.25, 0.3) is 0 Å². The van der Waals surface area contributed by atoms with Gasteiger partial charge in [-0.3, -0.25) is 4.79 Å². The molecule has 1 saturated carbocycles. The Morgan fingerprint density at radius 1 is 1.50 bits per heavy atom. The number of hydrogen-bond acceptors (Lipinski definition) is 2. The number of likely N-dealkylation sites (N-methyl/N-ethyl adjacent to an activating group) is 1. The Kier molecular flexibility index (Phi) is 2.11. The lowest BCUT2D eigenvalue weighted by atomic mass is 9.82. The molecule has 2 fully saturated rings. The minimum Gasteiger partial charge on any atom is -0.341 e. The van der Waals surface area contributed by atoms with Crippen molar-refractivity contribution in [3.05, 3.63) is 0 Å². The summed E-state index contributed by atoms with van der Waals surface area (Å²) in [7, 11) is 1.91. The second-order valence-corrected chi connectivity index (χ2v) is 5.21. The number of hydrogen-bond donors (Lipinski definition) is 1. The minimum atomic E-state index is 0.0531. The first-order chi connectivity index (χ1) is 6.49. The van der Waals surface area contributed by atoms with E-state index in [-0.39, 0.29) is 18.0 Å². The van der Waals surface area contributed by atoms with Gasteiger partial charge in [0.05, 0.1) is 6.04 Å². The molecule has 14 heavy (non-hydrogen) atoms. The van der Waals surface area contributed by atoms with E-state index in [1.165, 1.54) is 12.8 Å². The van der Waals surface area contributed by atoms with Crippen LogP contribution in [-0.2, 0) is 4.79 Å². The number of nitrogens with zero attached hydrogens (tertiary/aromatic N) is 1. The number of nitrogens with two attached hydrogens (primary N) is 1. The van der Waals surface area contributed by atoms with Crippen LogP contribution in [0, 0.1) is 11.3 Å². The summed E-state index contributed by atoms with van der Waals surface area (Å²) in [5, 5.41) is 0. The van der Waals surface area contributed by atoms with Gasteiger partial charge in [0.15, 0.2) is 0 Å². The maximum absolute atomic E-state index is 11.5. The second kappa shape index (κ2) is 2.96. The first-order valence-electron chi connectivity index (χ1n) is 5.50. The maximum atomic E-state index is 11.5. The third-order valence-corrected chi connectivity index (χ3v) is 4.19. The van der Waals surface area contributed by atoms with Gasteiger partial charge in [-0.2, -0.15) is 0 Å². The molecule has 0 radical (unpaired) electrons. The molecule has 1 saturated heterocycles. The molecule has 0 bridgehead atoms. The van der Waals surface area contributed by atoms with Gasteiger partial charge in [0.2, 0.25) is 5.91 Å². The molecular weight excluding hydrogens is 176 g/mol. The molecule has 2 atom stereocenters. The van der Waals surface area contributed by atoms with E-state index >= 15 is 0 Å². The lowest BCUT2D eigenvalue weighted by molar-refractivity contribution is -0.128. The standard InChI is InChI=1S/C11H20N2O/c1-7(2)11(4-5-11)10-8(12)6-9(14)13(10)3/h7-8,10H,4-6,12H2,1-3H3/t8-,10-/m1/s1. The molecule has 0 spiro atoms. The number of amides is 1. The molecule has 1 aliphatic carbocycles. The molecule has 2 rings (SSSR count). The summed E-state index contributed by atoms with van der Waals surface area (Å²) in [6.07, 6.45) is 3.01. The van der Waals surface area contributed by atoms with Gasteiger partial charge in [-0.1, -0.05) is 13.8 Å². The molecule has 3 heteroatoms. The summed E-state index contributed by atoms with van der Waals surface area (Å²) in [6, 6.07) is 0.340. The van der Waals surface area contributed by atoms with Gasteiger partial charge in [0, 0.05) is 19.5 Å². The molecule has 1 heterocycles. The van der Waals surface area contributed by atoms with E-state index < -0.39 is 0 Å². The second-order valence-electron chi connectivity index (χ2n) is 5.21. The van der Waals surface area contributed by atoms with Gasteiger partial charge in [-0.15, -0.1) is 0 Å². The highest BCUT2D eigenvalue weighted by atomic mass is 16.2. The van der Waals surface area contributed by atoms with Crippen LogP contribution in [0.15, 0.2) is 0 Å².